The van der Waals surface area contributed by atoms with Crippen LogP contribution in [0.15, 0.2) is 24.4 Å². The zero-order chi connectivity index (χ0) is 33.6. The van der Waals surface area contributed by atoms with E-state index in [1.165, 1.54) is 10.9 Å². The van der Waals surface area contributed by atoms with Crippen LogP contribution in [-0.2, 0) is 34.0 Å². The molecule has 0 aliphatic heterocycles. The number of pyridine rings is 1. The molecule has 3 heterocycles. The number of amides is 2. The molecule has 4 rings (SSSR count). The van der Waals surface area contributed by atoms with Crippen LogP contribution in [0.1, 0.15) is 54.5 Å². The summed E-state index contributed by atoms with van der Waals surface area (Å²) < 4.78 is 36.2. The number of aromatic nitrogens is 5. The Bertz CT molecular complexity index is 1500. The number of carbonyl (C=O) groups is 2. The molecule has 0 aromatic carbocycles. The first-order chi connectivity index (χ1) is 21.7. The number of nitrogens with one attached hydrogen (secondary N) is 2. The summed E-state index contributed by atoms with van der Waals surface area (Å²) in [6.45, 7) is 14.0. The molecule has 252 valence electrons. The van der Waals surface area contributed by atoms with Crippen molar-refractivity contribution < 1.29 is 23.3 Å². The molecular formula is C32H48FN7O4SSi. The van der Waals surface area contributed by atoms with Crippen LogP contribution in [0.5, 0.6) is 0 Å². The maximum Gasteiger partial charge on any atom is 0.270 e. The van der Waals surface area contributed by atoms with Gasteiger partial charge >= 0.3 is 0 Å². The largest absolute Gasteiger partial charge is 0.617 e. The van der Waals surface area contributed by atoms with Crippen LogP contribution in [0.3, 0.4) is 0 Å². The van der Waals surface area contributed by atoms with Gasteiger partial charge in [0.2, 0.25) is 11.9 Å². The molecule has 11 nitrogen and oxygen atoms in total. The van der Waals surface area contributed by atoms with Gasteiger partial charge < -0.3 is 19.9 Å². The first kappa shape index (κ1) is 35.8. The van der Waals surface area contributed by atoms with E-state index >= 15 is 4.39 Å². The Hall–Kier alpha value is -3.07. The fourth-order valence-corrected chi connectivity index (χ4v) is 6.97. The summed E-state index contributed by atoms with van der Waals surface area (Å²) >= 11 is -1.05. The van der Waals surface area contributed by atoms with Gasteiger partial charge in [0.25, 0.3) is 5.91 Å². The Balaban J connectivity index is 1.49. The lowest BCUT2D eigenvalue weighted by molar-refractivity contribution is -0.119. The number of halogens is 1. The van der Waals surface area contributed by atoms with E-state index in [1.807, 2.05) is 13.8 Å². The van der Waals surface area contributed by atoms with Gasteiger partial charge in [-0.2, -0.15) is 14.6 Å². The Kier molecular flexibility index (Phi) is 12.2. The summed E-state index contributed by atoms with van der Waals surface area (Å²) in [5.41, 5.74) is 2.63. The van der Waals surface area contributed by atoms with Crippen molar-refractivity contribution in [2.75, 3.05) is 23.9 Å². The number of aryl methyl sites for hydroxylation is 2. The van der Waals surface area contributed by atoms with Crippen LogP contribution < -0.4 is 10.6 Å². The maximum atomic E-state index is 15.5. The Morgan fingerprint density at radius 3 is 2.52 bits per heavy atom. The molecule has 1 saturated carbocycles. The van der Waals surface area contributed by atoms with E-state index in [9.17, 15) is 14.1 Å². The van der Waals surface area contributed by atoms with Crippen LogP contribution in [0.4, 0.5) is 10.2 Å². The predicted octanol–water partition coefficient (Wildman–Crippen LogP) is 5.15. The van der Waals surface area contributed by atoms with E-state index in [2.05, 4.69) is 52.4 Å². The molecule has 3 aromatic heterocycles. The standard InChI is InChI=1S/C32H48FN7O4SSi/c1-21-8-10-24(11-9-21)29(37-31(41)26-14-15-34-39(26)16-18-45(4)43)32(42)36-27-13-12-25(30(33)35-27)28-22(2)38-40(23(28)3)20-44-17-19-46(5,6)7/h12-15,21,24,29H,8-11,16-20H2,1-7H3,(H,37,41)(H,35,36,42)/t21?,24?,29-,45?/m0/s1. The number of anilines is 1. The summed E-state index contributed by atoms with van der Waals surface area (Å²) in [5, 5.41) is 14.4. The average molecular weight is 674 g/mol. The second kappa shape index (κ2) is 15.7. The lowest BCUT2D eigenvalue weighted by Crippen LogP contribution is -2.49. The van der Waals surface area contributed by atoms with Gasteiger partial charge in [0.1, 0.15) is 30.0 Å². The first-order valence-corrected chi connectivity index (χ1v) is 21.4. The molecule has 0 bridgehead atoms. The Morgan fingerprint density at radius 1 is 1.15 bits per heavy atom. The molecular weight excluding hydrogens is 626 g/mol. The fourth-order valence-electron chi connectivity index (χ4n) is 5.79. The Labute approximate surface area is 275 Å². The molecule has 1 fully saturated rings. The maximum absolute atomic E-state index is 15.5. The summed E-state index contributed by atoms with van der Waals surface area (Å²) in [4.78, 5) is 31.2. The fraction of sp³-hybridized carbons (Fsp3) is 0.594. The highest BCUT2D eigenvalue weighted by atomic mass is 32.2. The van der Waals surface area contributed by atoms with Crippen molar-refractivity contribution in [2.45, 2.75) is 91.5 Å². The van der Waals surface area contributed by atoms with Gasteiger partial charge in [0.15, 0.2) is 0 Å². The number of nitrogens with zero attached hydrogens (tertiary/aromatic N) is 5. The molecule has 2 atom stereocenters. The minimum absolute atomic E-state index is 0.0579. The highest BCUT2D eigenvalue weighted by Crippen LogP contribution is 2.32. The van der Waals surface area contributed by atoms with E-state index in [4.69, 9.17) is 4.74 Å². The van der Waals surface area contributed by atoms with Crippen molar-refractivity contribution in [2.24, 2.45) is 11.8 Å². The lowest BCUT2D eigenvalue weighted by Gasteiger charge is -2.32. The number of carbonyl (C=O) groups excluding carboxylic acids is 2. The monoisotopic (exact) mass is 673 g/mol. The van der Waals surface area contributed by atoms with E-state index in [-0.39, 0.29) is 29.7 Å². The second-order valence-corrected chi connectivity index (χ2v) is 20.8. The van der Waals surface area contributed by atoms with E-state index in [0.29, 0.717) is 36.1 Å². The van der Waals surface area contributed by atoms with Crippen molar-refractivity contribution in [3.05, 3.63) is 47.4 Å². The van der Waals surface area contributed by atoms with Crippen molar-refractivity contribution in [3.8, 4) is 11.1 Å². The van der Waals surface area contributed by atoms with Gasteiger partial charge in [-0.05, 0) is 62.8 Å². The minimum Gasteiger partial charge on any atom is -0.617 e. The number of rotatable bonds is 14. The smallest absolute Gasteiger partial charge is 0.270 e. The third-order valence-corrected chi connectivity index (χ3v) is 11.1. The molecule has 46 heavy (non-hydrogen) atoms. The molecule has 2 N–H and O–H groups in total. The van der Waals surface area contributed by atoms with Crippen molar-refractivity contribution in [1.29, 1.82) is 0 Å². The van der Waals surface area contributed by atoms with Gasteiger partial charge in [-0.3, -0.25) is 14.3 Å². The van der Waals surface area contributed by atoms with Gasteiger partial charge in [-0.15, -0.1) is 0 Å². The number of ether oxygens (including phenoxy) is 1. The van der Waals surface area contributed by atoms with Gasteiger partial charge in [0.05, 0.1) is 18.5 Å². The molecule has 0 spiro atoms. The zero-order valence-electron chi connectivity index (χ0n) is 28.1. The van der Waals surface area contributed by atoms with Crippen molar-refractivity contribution in [3.63, 3.8) is 0 Å². The van der Waals surface area contributed by atoms with Crippen LogP contribution >= 0.6 is 0 Å². The van der Waals surface area contributed by atoms with Gasteiger partial charge in [-0.1, -0.05) is 50.6 Å². The molecule has 14 heteroatoms. The lowest BCUT2D eigenvalue weighted by atomic mass is 9.79. The summed E-state index contributed by atoms with van der Waals surface area (Å²) in [6, 6.07) is 4.93. The summed E-state index contributed by atoms with van der Waals surface area (Å²) in [6.07, 6.45) is 6.55. The van der Waals surface area contributed by atoms with Crippen molar-refractivity contribution >= 4 is 36.9 Å². The van der Waals surface area contributed by atoms with Gasteiger partial charge in [0, 0.05) is 37.7 Å². The van der Waals surface area contributed by atoms with E-state index in [0.717, 1.165) is 37.4 Å². The van der Waals surface area contributed by atoms with Gasteiger partial charge in [-0.25, -0.2) is 9.67 Å². The third kappa shape index (κ3) is 9.49. The molecule has 0 saturated heterocycles. The topological polar surface area (TPSA) is 139 Å². The Morgan fingerprint density at radius 2 is 1.87 bits per heavy atom. The van der Waals surface area contributed by atoms with Crippen molar-refractivity contribution in [1.82, 2.24) is 29.9 Å². The van der Waals surface area contributed by atoms with Crippen LogP contribution in [0.25, 0.3) is 11.1 Å². The molecule has 1 aliphatic carbocycles. The minimum atomic E-state index is -1.22. The van der Waals surface area contributed by atoms with E-state index in [1.54, 1.807) is 29.1 Å². The first-order valence-electron chi connectivity index (χ1n) is 16.0. The molecule has 1 aliphatic rings. The number of hydrogen-bond acceptors (Lipinski definition) is 7. The summed E-state index contributed by atoms with van der Waals surface area (Å²) in [5.74, 6) is -0.762. The average Bonchev–Trinajstić information content (AvgIpc) is 3.57. The zero-order valence-corrected chi connectivity index (χ0v) is 29.9. The number of hydrogen-bond donors (Lipinski definition) is 2. The molecule has 2 amide bonds. The molecule has 3 aromatic rings. The van der Waals surface area contributed by atoms with Crippen LogP contribution in [0, 0.1) is 31.6 Å². The van der Waals surface area contributed by atoms with E-state index < -0.39 is 43.1 Å². The third-order valence-electron chi connectivity index (χ3n) is 8.60. The normalized spacial score (nSPS) is 18.3. The quantitative estimate of drug-likeness (QED) is 0.104. The summed E-state index contributed by atoms with van der Waals surface area (Å²) in [7, 11) is -1.22. The molecule has 1 unspecified atom stereocenters. The van der Waals surface area contributed by atoms with Crippen LogP contribution in [0.2, 0.25) is 25.7 Å². The SMILES string of the molecule is Cc1nn(COCC[Si](C)(C)C)c(C)c1-c1ccc(NC(=O)[C@@H](NC(=O)c2ccnn2CC[S+](C)[O-])C2CCC(C)CC2)nc1F. The molecule has 0 radical (unpaired) electrons. The second-order valence-electron chi connectivity index (χ2n) is 13.6. The highest BCUT2D eigenvalue weighted by Gasteiger charge is 2.34. The predicted molar refractivity (Wildman–Crippen MR) is 181 cm³/mol. The van der Waals surface area contributed by atoms with Crippen LogP contribution in [-0.4, -0.2) is 73.6 Å². The highest BCUT2D eigenvalue weighted by molar-refractivity contribution is 7.90.